The maximum atomic E-state index is 12.5. The minimum atomic E-state index is -0.0296. The van der Waals surface area contributed by atoms with Gasteiger partial charge in [-0.15, -0.1) is 0 Å². The first kappa shape index (κ1) is 16.9. The zero-order valence-electron chi connectivity index (χ0n) is 15.0. The summed E-state index contributed by atoms with van der Waals surface area (Å²) in [6.07, 6.45) is 4.92. The van der Waals surface area contributed by atoms with Crippen LogP contribution in [0.4, 0.5) is 0 Å². The lowest BCUT2D eigenvalue weighted by atomic mass is 9.73. The number of amides is 2. The van der Waals surface area contributed by atoms with Crippen LogP contribution in [0.25, 0.3) is 0 Å². The summed E-state index contributed by atoms with van der Waals surface area (Å²) in [6.45, 7) is 1.45. The van der Waals surface area contributed by atoms with Crippen LogP contribution < -0.4 is 5.32 Å². The maximum Gasteiger partial charge on any atom is 0.289 e. The zero-order valence-corrected chi connectivity index (χ0v) is 15.0. The van der Waals surface area contributed by atoms with Crippen LogP contribution in [-0.2, 0) is 10.2 Å². The molecule has 1 aromatic heterocycles. The number of nitrogens with one attached hydrogen (secondary N) is 1. The van der Waals surface area contributed by atoms with E-state index in [0.717, 1.165) is 32.4 Å². The first-order chi connectivity index (χ1) is 12.6. The number of piperidine rings is 1. The van der Waals surface area contributed by atoms with Gasteiger partial charge >= 0.3 is 0 Å². The van der Waals surface area contributed by atoms with Crippen molar-refractivity contribution in [2.24, 2.45) is 0 Å². The highest BCUT2D eigenvalue weighted by atomic mass is 16.3. The molecule has 0 saturated carbocycles. The van der Waals surface area contributed by atoms with Crippen LogP contribution in [0.3, 0.4) is 0 Å². The van der Waals surface area contributed by atoms with E-state index in [4.69, 9.17) is 4.42 Å². The normalized spacial score (nSPS) is 20.8. The van der Waals surface area contributed by atoms with Gasteiger partial charge < -0.3 is 14.6 Å². The molecule has 136 valence electrons. The molecule has 5 nitrogen and oxygen atoms in total. The molecule has 0 unspecified atom stereocenters. The van der Waals surface area contributed by atoms with Gasteiger partial charge in [0, 0.05) is 26.6 Å². The average Bonchev–Trinajstić information content (AvgIpc) is 3.30. The molecule has 2 heterocycles. The van der Waals surface area contributed by atoms with E-state index < -0.39 is 0 Å². The van der Waals surface area contributed by atoms with Crippen LogP contribution in [0.5, 0.6) is 0 Å². The Morgan fingerprint density at radius 2 is 1.96 bits per heavy atom. The number of carbonyl (C=O) groups excluding carboxylic acids is 2. The van der Waals surface area contributed by atoms with Crippen LogP contribution in [0.15, 0.2) is 47.1 Å². The number of rotatable bonds is 3. The molecule has 0 radical (unpaired) electrons. The second kappa shape index (κ2) is 6.63. The summed E-state index contributed by atoms with van der Waals surface area (Å²) >= 11 is 0. The minimum absolute atomic E-state index is 0.0296. The summed E-state index contributed by atoms with van der Waals surface area (Å²) in [5.74, 6) is 0.731. The third-order valence-corrected chi connectivity index (χ3v) is 6.06. The third kappa shape index (κ3) is 2.81. The molecule has 1 atom stereocenters. The predicted molar refractivity (Wildman–Crippen MR) is 98.0 cm³/mol. The van der Waals surface area contributed by atoms with Crippen molar-refractivity contribution < 1.29 is 14.0 Å². The van der Waals surface area contributed by atoms with Crippen molar-refractivity contribution in [2.75, 3.05) is 20.1 Å². The molecule has 5 heteroatoms. The molecule has 0 bridgehead atoms. The summed E-state index contributed by atoms with van der Waals surface area (Å²) in [5, 5.41) is 2.75. The van der Waals surface area contributed by atoms with Crippen LogP contribution in [0.2, 0.25) is 0 Å². The van der Waals surface area contributed by atoms with Crippen molar-refractivity contribution in [2.45, 2.75) is 37.0 Å². The number of benzene rings is 1. The molecule has 2 amide bonds. The monoisotopic (exact) mass is 352 g/mol. The van der Waals surface area contributed by atoms with Gasteiger partial charge in [-0.2, -0.15) is 0 Å². The number of furan rings is 1. The van der Waals surface area contributed by atoms with Gasteiger partial charge in [0.2, 0.25) is 5.91 Å². The average molecular weight is 352 g/mol. The molecule has 4 rings (SSSR count). The van der Waals surface area contributed by atoms with E-state index in [-0.39, 0.29) is 23.1 Å². The number of likely N-dealkylation sites (tertiary alicyclic amines) is 1. The molecule has 1 saturated heterocycles. The molecule has 1 aliphatic heterocycles. The molecule has 1 fully saturated rings. The summed E-state index contributed by atoms with van der Waals surface area (Å²) in [4.78, 5) is 26.4. The van der Waals surface area contributed by atoms with Crippen molar-refractivity contribution in [1.82, 2.24) is 10.2 Å². The Morgan fingerprint density at radius 3 is 2.65 bits per heavy atom. The first-order valence-electron chi connectivity index (χ1n) is 9.26. The van der Waals surface area contributed by atoms with Crippen molar-refractivity contribution in [1.29, 1.82) is 0 Å². The Balaban J connectivity index is 1.53. The largest absolute Gasteiger partial charge is 0.459 e. The van der Waals surface area contributed by atoms with Crippen LogP contribution >= 0.6 is 0 Å². The topological polar surface area (TPSA) is 62.6 Å². The van der Waals surface area contributed by atoms with E-state index in [9.17, 15) is 9.59 Å². The van der Waals surface area contributed by atoms with Crippen LogP contribution in [-0.4, -0.2) is 36.9 Å². The van der Waals surface area contributed by atoms with E-state index in [2.05, 4.69) is 29.6 Å². The summed E-state index contributed by atoms with van der Waals surface area (Å²) in [7, 11) is 1.69. The summed E-state index contributed by atoms with van der Waals surface area (Å²) < 4.78 is 5.26. The lowest BCUT2D eigenvalue weighted by molar-refractivity contribution is -0.121. The van der Waals surface area contributed by atoms with Crippen molar-refractivity contribution >= 4 is 11.8 Å². The number of hydrogen-bond acceptors (Lipinski definition) is 3. The van der Waals surface area contributed by atoms with Gasteiger partial charge in [0.05, 0.1) is 6.26 Å². The fourth-order valence-electron chi connectivity index (χ4n) is 4.70. The highest BCUT2D eigenvalue weighted by Gasteiger charge is 2.46. The van der Waals surface area contributed by atoms with Crippen molar-refractivity contribution in [3.63, 3.8) is 0 Å². The summed E-state index contributed by atoms with van der Waals surface area (Å²) in [6, 6.07) is 12.0. The number of nitrogens with zero attached hydrogens (tertiary/aromatic N) is 1. The highest BCUT2D eigenvalue weighted by molar-refractivity contribution is 5.91. The Bertz CT molecular complexity index is 804. The molecule has 2 aromatic rings. The molecule has 2 aliphatic rings. The minimum Gasteiger partial charge on any atom is -0.459 e. The Hall–Kier alpha value is -2.56. The van der Waals surface area contributed by atoms with Gasteiger partial charge in [-0.05, 0) is 53.9 Å². The second-order valence-corrected chi connectivity index (χ2v) is 7.42. The lowest BCUT2D eigenvalue weighted by Crippen LogP contribution is -2.44. The second-order valence-electron chi connectivity index (χ2n) is 7.42. The summed E-state index contributed by atoms with van der Waals surface area (Å²) in [5.41, 5.74) is 2.76. The van der Waals surface area contributed by atoms with E-state index in [1.54, 1.807) is 19.2 Å². The Labute approximate surface area is 153 Å². The van der Waals surface area contributed by atoms with Gasteiger partial charge in [-0.25, -0.2) is 0 Å². The van der Waals surface area contributed by atoms with Gasteiger partial charge in [0.15, 0.2) is 5.76 Å². The van der Waals surface area contributed by atoms with E-state index in [0.29, 0.717) is 12.2 Å². The SMILES string of the molecule is CNC(=O)C[C@H]1CC2(CCN(C(=O)c3ccco3)CC2)c2ccccc21. The number of hydrogen-bond donors (Lipinski definition) is 1. The molecule has 1 aromatic carbocycles. The number of carbonyl (C=O) groups is 2. The third-order valence-electron chi connectivity index (χ3n) is 6.06. The van der Waals surface area contributed by atoms with E-state index in [1.165, 1.54) is 17.4 Å². The quantitative estimate of drug-likeness (QED) is 0.923. The molecular formula is C21H24N2O3. The molecule has 1 N–H and O–H groups in total. The van der Waals surface area contributed by atoms with Crippen LogP contribution in [0, 0.1) is 0 Å². The van der Waals surface area contributed by atoms with Gasteiger partial charge in [-0.1, -0.05) is 24.3 Å². The first-order valence-corrected chi connectivity index (χ1v) is 9.26. The van der Waals surface area contributed by atoms with Gasteiger partial charge in [0.25, 0.3) is 5.91 Å². The molecule has 1 spiro atoms. The Morgan fingerprint density at radius 1 is 1.19 bits per heavy atom. The molecule has 1 aliphatic carbocycles. The maximum absolute atomic E-state index is 12.5. The Kier molecular flexibility index (Phi) is 4.31. The smallest absolute Gasteiger partial charge is 0.289 e. The fraction of sp³-hybridized carbons (Fsp3) is 0.429. The van der Waals surface area contributed by atoms with E-state index >= 15 is 0 Å². The molecular weight excluding hydrogens is 328 g/mol. The zero-order chi connectivity index (χ0) is 18.1. The fourth-order valence-corrected chi connectivity index (χ4v) is 4.70. The van der Waals surface area contributed by atoms with Crippen LogP contribution in [0.1, 0.15) is 53.3 Å². The van der Waals surface area contributed by atoms with Crippen molar-refractivity contribution in [3.8, 4) is 0 Å². The number of fused-ring (bicyclic) bond motifs is 2. The van der Waals surface area contributed by atoms with Gasteiger partial charge in [0.1, 0.15) is 0 Å². The highest BCUT2D eigenvalue weighted by Crippen LogP contribution is 2.52. The van der Waals surface area contributed by atoms with E-state index in [1.807, 2.05) is 4.90 Å². The standard InChI is InChI=1S/C21H24N2O3/c1-22-19(24)13-15-14-21(17-6-3-2-5-16(15)17)8-10-23(11-9-21)20(25)18-7-4-12-26-18/h2-7,12,15H,8-11,13-14H2,1H3,(H,22,24)/t15-/m0/s1. The van der Waals surface area contributed by atoms with Crippen molar-refractivity contribution in [3.05, 3.63) is 59.5 Å². The van der Waals surface area contributed by atoms with Gasteiger partial charge in [-0.3, -0.25) is 9.59 Å². The lowest BCUT2D eigenvalue weighted by Gasteiger charge is -2.40. The molecule has 26 heavy (non-hydrogen) atoms. The predicted octanol–water partition coefficient (Wildman–Crippen LogP) is 3.08.